The van der Waals surface area contributed by atoms with Gasteiger partial charge in [0.2, 0.25) is 0 Å². The van der Waals surface area contributed by atoms with E-state index < -0.39 is 0 Å². The number of morpholine rings is 1. The third-order valence-corrected chi connectivity index (χ3v) is 5.37. The average Bonchev–Trinajstić information content (AvgIpc) is 3.29. The Morgan fingerprint density at radius 3 is 2.96 bits per heavy atom. The lowest BCUT2D eigenvalue weighted by Crippen LogP contribution is -2.36. The molecule has 0 radical (unpaired) electrons. The van der Waals surface area contributed by atoms with Gasteiger partial charge < -0.3 is 15.1 Å². The molecule has 1 aromatic carbocycles. The summed E-state index contributed by atoms with van der Waals surface area (Å²) in [5.41, 5.74) is 10.8. The first kappa shape index (κ1) is 14.2. The van der Waals surface area contributed by atoms with Gasteiger partial charge in [-0.05, 0) is 23.1 Å². The molecule has 7 heteroatoms. The van der Waals surface area contributed by atoms with E-state index in [0.717, 1.165) is 66.0 Å². The molecule has 0 unspecified atom stereocenters. The molecule has 2 aromatic heterocycles. The molecule has 2 N–H and O–H groups in total. The summed E-state index contributed by atoms with van der Waals surface area (Å²) in [4.78, 5) is 12.0. The van der Waals surface area contributed by atoms with Crippen LogP contribution in [0.15, 0.2) is 29.6 Å². The summed E-state index contributed by atoms with van der Waals surface area (Å²) in [6, 6.07) is 8.42. The number of anilines is 2. The van der Waals surface area contributed by atoms with E-state index in [9.17, 15) is 0 Å². The van der Waals surface area contributed by atoms with Crippen LogP contribution in [0, 0.1) is 0 Å². The summed E-state index contributed by atoms with van der Waals surface area (Å²) in [7, 11) is 0. The maximum Gasteiger partial charge on any atom is 0.162 e. The molecule has 122 valence electrons. The van der Waals surface area contributed by atoms with E-state index in [4.69, 9.17) is 14.7 Å². The zero-order valence-electron chi connectivity index (χ0n) is 13.1. The Hall–Kier alpha value is -2.22. The molecule has 4 heterocycles. The Morgan fingerprint density at radius 1 is 1.12 bits per heavy atom. The van der Waals surface area contributed by atoms with Gasteiger partial charge in [-0.15, -0.1) is 11.3 Å². The zero-order valence-corrected chi connectivity index (χ0v) is 13.9. The molecule has 1 saturated heterocycles. The Labute approximate surface area is 143 Å². The Kier molecular flexibility index (Phi) is 3.36. The van der Waals surface area contributed by atoms with E-state index in [1.54, 1.807) is 11.3 Å². The smallest absolute Gasteiger partial charge is 0.162 e. The lowest BCUT2D eigenvalue weighted by Gasteiger charge is -2.28. The van der Waals surface area contributed by atoms with Crippen molar-refractivity contribution >= 4 is 33.1 Å². The van der Waals surface area contributed by atoms with Crippen LogP contribution >= 0.6 is 11.3 Å². The molecule has 6 nitrogen and oxygen atoms in total. The molecule has 2 aliphatic heterocycles. The van der Waals surface area contributed by atoms with Crippen molar-refractivity contribution in [2.75, 3.05) is 36.6 Å². The van der Waals surface area contributed by atoms with Gasteiger partial charge in [-0.2, -0.15) is 0 Å². The van der Waals surface area contributed by atoms with Crippen LogP contribution in [0.5, 0.6) is 0 Å². The number of hydrogen-bond acceptors (Lipinski definition) is 7. The molecular formula is C17H17N5OS. The minimum Gasteiger partial charge on any atom is -0.378 e. The van der Waals surface area contributed by atoms with Crippen LogP contribution in [0.25, 0.3) is 21.6 Å². The zero-order chi connectivity index (χ0) is 15.9. The summed E-state index contributed by atoms with van der Waals surface area (Å²) >= 11 is 1.70. The van der Waals surface area contributed by atoms with Gasteiger partial charge in [0.25, 0.3) is 0 Å². The highest BCUT2D eigenvalue weighted by atomic mass is 32.1. The van der Waals surface area contributed by atoms with Crippen molar-refractivity contribution in [1.82, 2.24) is 15.4 Å². The fourth-order valence-electron chi connectivity index (χ4n) is 3.19. The number of ether oxygens (including phenoxy) is 1. The van der Waals surface area contributed by atoms with Crippen LogP contribution in [-0.2, 0) is 11.3 Å². The maximum absolute atomic E-state index is 5.48. The molecule has 0 spiro atoms. The summed E-state index contributed by atoms with van der Waals surface area (Å²) in [5, 5.41) is 2.08. The maximum atomic E-state index is 5.48. The number of rotatable bonds is 2. The number of fused-ring (bicyclic) bond motifs is 2. The molecule has 0 atom stereocenters. The van der Waals surface area contributed by atoms with Crippen LogP contribution in [0.2, 0.25) is 0 Å². The monoisotopic (exact) mass is 339 g/mol. The predicted octanol–water partition coefficient (Wildman–Crippen LogP) is 2.63. The lowest BCUT2D eigenvalue weighted by molar-refractivity contribution is 0.122. The summed E-state index contributed by atoms with van der Waals surface area (Å²) in [6.45, 7) is 4.10. The first-order chi connectivity index (χ1) is 11.9. The van der Waals surface area contributed by atoms with Crippen molar-refractivity contribution in [1.29, 1.82) is 0 Å². The van der Waals surface area contributed by atoms with Crippen molar-refractivity contribution < 1.29 is 4.74 Å². The average molecular weight is 339 g/mol. The predicted molar refractivity (Wildman–Crippen MR) is 96.3 cm³/mol. The van der Waals surface area contributed by atoms with Gasteiger partial charge >= 0.3 is 0 Å². The Morgan fingerprint density at radius 2 is 2.04 bits per heavy atom. The molecule has 0 aliphatic carbocycles. The van der Waals surface area contributed by atoms with E-state index in [0.29, 0.717) is 0 Å². The number of hydrogen-bond donors (Lipinski definition) is 2. The normalized spacial score (nSPS) is 17.1. The van der Waals surface area contributed by atoms with Crippen LogP contribution in [0.3, 0.4) is 0 Å². The molecule has 3 aromatic rings. The standard InChI is InChI=1S/C17H17N5OS/c1-2-12-10-18-21-14(12)9-11(1)16-19-13-3-8-24-15(13)17(20-16)22-4-6-23-7-5-22/h1-3,8-9,18,21H,4-7,10H2. The number of hydrazine groups is 1. The molecular weight excluding hydrogens is 322 g/mol. The highest BCUT2D eigenvalue weighted by Crippen LogP contribution is 2.33. The summed E-state index contributed by atoms with van der Waals surface area (Å²) in [6.07, 6.45) is 0. The van der Waals surface area contributed by atoms with E-state index in [2.05, 4.69) is 45.4 Å². The SMILES string of the molecule is c1cc2nc(-c3ccc4c(c3)NNC4)nc(N3CCOCC3)c2s1. The molecule has 0 saturated carbocycles. The summed E-state index contributed by atoms with van der Waals surface area (Å²) < 4.78 is 6.64. The fourth-order valence-corrected chi connectivity index (χ4v) is 4.03. The number of nitrogens with one attached hydrogen (secondary N) is 2. The van der Waals surface area contributed by atoms with Gasteiger partial charge in [0.15, 0.2) is 11.6 Å². The molecule has 2 aliphatic rings. The van der Waals surface area contributed by atoms with Crippen LogP contribution in [0.4, 0.5) is 11.5 Å². The Bertz CT molecular complexity index is 903. The van der Waals surface area contributed by atoms with E-state index in [1.807, 2.05) is 0 Å². The highest BCUT2D eigenvalue weighted by Gasteiger charge is 2.19. The molecule has 0 amide bonds. The quantitative estimate of drug-likeness (QED) is 0.748. The van der Waals surface area contributed by atoms with Crippen LogP contribution < -0.4 is 15.8 Å². The second kappa shape index (κ2) is 5.70. The third-order valence-electron chi connectivity index (χ3n) is 4.47. The van der Waals surface area contributed by atoms with Gasteiger partial charge in [0, 0.05) is 25.2 Å². The minimum absolute atomic E-state index is 0.751. The second-order valence-corrected chi connectivity index (χ2v) is 6.87. The number of nitrogens with zero attached hydrogens (tertiary/aromatic N) is 3. The van der Waals surface area contributed by atoms with Crippen LogP contribution in [0.1, 0.15) is 5.56 Å². The molecule has 5 rings (SSSR count). The van der Waals surface area contributed by atoms with E-state index >= 15 is 0 Å². The molecule has 1 fully saturated rings. The first-order valence-electron chi connectivity index (χ1n) is 8.08. The molecule has 0 bridgehead atoms. The van der Waals surface area contributed by atoms with Gasteiger partial charge in [-0.25, -0.2) is 15.4 Å². The number of aromatic nitrogens is 2. The first-order valence-corrected chi connectivity index (χ1v) is 8.96. The van der Waals surface area contributed by atoms with Crippen molar-refractivity contribution in [2.45, 2.75) is 6.54 Å². The van der Waals surface area contributed by atoms with Gasteiger partial charge in [-0.1, -0.05) is 12.1 Å². The fraction of sp³-hybridized carbons (Fsp3) is 0.294. The highest BCUT2D eigenvalue weighted by molar-refractivity contribution is 7.17. The van der Waals surface area contributed by atoms with Crippen molar-refractivity contribution in [3.05, 3.63) is 35.2 Å². The largest absolute Gasteiger partial charge is 0.378 e. The summed E-state index contributed by atoms with van der Waals surface area (Å²) in [5.74, 6) is 1.80. The van der Waals surface area contributed by atoms with E-state index in [1.165, 1.54) is 5.56 Å². The third kappa shape index (κ3) is 2.32. The Balaban J connectivity index is 1.63. The van der Waals surface area contributed by atoms with Crippen molar-refractivity contribution in [3.8, 4) is 11.4 Å². The second-order valence-electron chi connectivity index (χ2n) is 5.96. The number of benzene rings is 1. The van der Waals surface area contributed by atoms with Gasteiger partial charge in [-0.3, -0.25) is 0 Å². The minimum atomic E-state index is 0.751. The van der Waals surface area contributed by atoms with Crippen molar-refractivity contribution in [2.24, 2.45) is 0 Å². The molecule has 24 heavy (non-hydrogen) atoms. The topological polar surface area (TPSA) is 62.3 Å². The lowest BCUT2D eigenvalue weighted by atomic mass is 10.1. The number of thiophene rings is 1. The van der Waals surface area contributed by atoms with E-state index in [-0.39, 0.29) is 0 Å². The van der Waals surface area contributed by atoms with Crippen molar-refractivity contribution in [3.63, 3.8) is 0 Å². The van der Waals surface area contributed by atoms with Gasteiger partial charge in [0.05, 0.1) is 29.1 Å². The van der Waals surface area contributed by atoms with Crippen LogP contribution in [-0.4, -0.2) is 36.3 Å². The van der Waals surface area contributed by atoms with Gasteiger partial charge in [0.1, 0.15) is 0 Å².